The van der Waals surface area contributed by atoms with Gasteiger partial charge >= 0.3 is 0 Å². The van der Waals surface area contributed by atoms with Crippen LogP contribution in [0.25, 0.3) is 0 Å². The van der Waals surface area contributed by atoms with E-state index in [1.165, 1.54) is 5.56 Å². The van der Waals surface area contributed by atoms with Crippen molar-refractivity contribution in [3.63, 3.8) is 0 Å². The highest BCUT2D eigenvalue weighted by molar-refractivity contribution is 5.99. The molecule has 0 aromatic heterocycles. The van der Waals surface area contributed by atoms with Gasteiger partial charge in [0.2, 0.25) is 5.96 Å². The molecule has 4 N–H and O–H groups in total. The molecule has 0 aliphatic rings. The average Bonchev–Trinajstić information content (AvgIpc) is 2.14. The van der Waals surface area contributed by atoms with Crippen molar-refractivity contribution < 1.29 is 0 Å². The smallest absolute Gasteiger partial charge is 0.206 e. The summed E-state index contributed by atoms with van der Waals surface area (Å²) >= 11 is 0. The van der Waals surface area contributed by atoms with Gasteiger partial charge in [0.25, 0.3) is 0 Å². The Kier molecular flexibility index (Phi) is 3.23. The van der Waals surface area contributed by atoms with Crippen LogP contribution >= 0.6 is 0 Å². The van der Waals surface area contributed by atoms with Crippen LogP contribution in [0, 0.1) is 12.3 Å². The Morgan fingerprint density at radius 2 is 2.21 bits per heavy atom. The molecule has 14 heavy (non-hydrogen) atoms. The van der Waals surface area contributed by atoms with E-state index in [0.717, 1.165) is 11.3 Å². The maximum Gasteiger partial charge on any atom is 0.206 e. The molecule has 4 heteroatoms. The Bertz CT molecular complexity index is 368. The standard InChI is InChI=1S/C10H14N4/c1-7-4-3-5-9(6-7)8(2)13-14-10(11)12/h3-6H,1-2H3,(H4,11,12,14). The van der Waals surface area contributed by atoms with Gasteiger partial charge in [-0.05, 0) is 19.4 Å². The number of rotatable bonds is 2. The minimum Gasteiger partial charge on any atom is -0.369 e. The van der Waals surface area contributed by atoms with Crippen LogP contribution in [0.4, 0.5) is 0 Å². The summed E-state index contributed by atoms with van der Waals surface area (Å²) in [5.74, 6) is -0.156. The van der Waals surface area contributed by atoms with Crippen molar-refractivity contribution in [1.82, 2.24) is 5.43 Å². The Balaban J connectivity index is 2.83. The van der Waals surface area contributed by atoms with Gasteiger partial charge in [-0.1, -0.05) is 29.8 Å². The third kappa shape index (κ3) is 2.90. The highest BCUT2D eigenvalue weighted by atomic mass is 15.3. The maximum atomic E-state index is 6.95. The van der Waals surface area contributed by atoms with Crippen LogP contribution in [-0.2, 0) is 0 Å². The average molecular weight is 190 g/mol. The van der Waals surface area contributed by atoms with Gasteiger partial charge in [0.15, 0.2) is 0 Å². The van der Waals surface area contributed by atoms with Gasteiger partial charge in [0.1, 0.15) is 0 Å². The fraction of sp³-hybridized carbons (Fsp3) is 0.200. The summed E-state index contributed by atoms with van der Waals surface area (Å²) in [5.41, 5.74) is 10.5. The predicted octanol–water partition coefficient (Wildman–Crippen LogP) is 1.20. The quantitative estimate of drug-likeness (QED) is 0.372. The second-order valence-corrected chi connectivity index (χ2v) is 3.09. The second-order valence-electron chi connectivity index (χ2n) is 3.09. The molecule has 74 valence electrons. The Hall–Kier alpha value is -1.84. The van der Waals surface area contributed by atoms with Gasteiger partial charge in [-0.15, -0.1) is 0 Å². The van der Waals surface area contributed by atoms with E-state index < -0.39 is 0 Å². The Labute approximate surface area is 83.3 Å². The van der Waals surface area contributed by atoms with Crippen LogP contribution in [0.15, 0.2) is 29.4 Å². The summed E-state index contributed by atoms with van der Waals surface area (Å²) in [5, 5.41) is 10.9. The molecule has 0 aliphatic carbocycles. The summed E-state index contributed by atoms with van der Waals surface area (Å²) in [6.45, 7) is 3.89. The first-order chi connectivity index (χ1) is 6.59. The number of benzene rings is 1. The van der Waals surface area contributed by atoms with Crippen LogP contribution < -0.4 is 11.2 Å². The predicted molar refractivity (Wildman–Crippen MR) is 58.4 cm³/mol. The van der Waals surface area contributed by atoms with Crippen molar-refractivity contribution in [1.29, 1.82) is 5.41 Å². The van der Waals surface area contributed by atoms with Gasteiger partial charge in [-0.3, -0.25) is 5.41 Å². The van der Waals surface area contributed by atoms with Crippen molar-refractivity contribution in [2.24, 2.45) is 10.8 Å². The molecule has 0 atom stereocenters. The first kappa shape index (κ1) is 10.2. The van der Waals surface area contributed by atoms with Gasteiger partial charge < -0.3 is 5.73 Å². The lowest BCUT2D eigenvalue weighted by Gasteiger charge is -2.02. The third-order valence-corrected chi connectivity index (χ3v) is 1.78. The zero-order valence-corrected chi connectivity index (χ0v) is 8.33. The second kappa shape index (κ2) is 4.41. The van der Waals surface area contributed by atoms with Gasteiger partial charge in [0.05, 0.1) is 5.71 Å². The molecule has 0 saturated carbocycles. The zero-order valence-electron chi connectivity index (χ0n) is 8.33. The summed E-state index contributed by atoms with van der Waals surface area (Å²) in [4.78, 5) is 0. The molecule has 0 spiro atoms. The largest absolute Gasteiger partial charge is 0.369 e. The fourth-order valence-electron chi connectivity index (χ4n) is 1.08. The lowest BCUT2D eigenvalue weighted by molar-refractivity contribution is 0.991. The molecule has 0 radical (unpaired) electrons. The minimum atomic E-state index is -0.156. The number of hydrazone groups is 1. The lowest BCUT2D eigenvalue weighted by Crippen LogP contribution is -2.26. The van der Waals surface area contributed by atoms with Gasteiger partial charge in [0, 0.05) is 0 Å². The highest BCUT2D eigenvalue weighted by Crippen LogP contribution is 2.04. The van der Waals surface area contributed by atoms with E-state index in [1.54, 1.807) is 0 Å². The summed E-state index contributed by atoms with van der Waals surface area (Å²) in [6, 6.07) is 7.99. The van der Waals surface area contributed by atoms with Gasteiger partial charge in [-0.2, -0.15) is 5.10 Å². The molecule has 1 rings (SSSR count). The number of nitrogens with two attached hydrogens (primary N) is 1. The molecule has 0 amide bonds. The molecule has 4 nitrogen and oxygen atoms in total. The fourth-order valence-corrected chi connectivity index (χ4v) is 1.08. The van der Waals surface area contributed by atoms with E-state index >= 15 is 0 Å². The maximum absolute atomic E-state index is 6.95. The number of hydrogen-bond donors (Lipinski definition) is 3. The number of aryl methyl sites for hydroxylation is 1. The molecule has 0 fully saturated rings. The van der Waals surface area contributed by atoms with Crippen molar-refractivity contribution in [3.8, 4) is 0 Å². The summed E-state index contributed by atoms with van der Waals surface area (Å²) in [7, 11) is 0. The normalized spacial score (nSPS) is 11.1. The van der Waals surface area contributed by atoms with Gasteiger partial charge in [-0.25, -0.2) is 5.43 Å². The van der Waals surface area contributed by atoms with Crippen LogP contribution in [-0.4, -0.2) is 11.7 Å². The van der Waals surface area contributed by atoms with Crippen LogP contribution in [0.3, 0.4) is 0 Å². The van der Waals surface area contributed by atoms with E-state index in [9.17, 15) is 0 Å². The first-order valence-electron chi connectivity index (χ1n) is 4.31. The molecule has 1 aromatic rings. The SMILES string of the molecule is CC(=NNC(=N)N)c1cccc(C)c1. The number of nitrogens with one attached hydrogen (secondary N) is 2. The van der Waals surface area contributed by atoms with E-state index in [4.69, 9.17) is 11.1 Å². The molecule has 0 heterocycles. The summed E-state index contributed by atoms with van der Waals surface area (Å²) < 4.78 is 0. The minimum absolute atomic E-state index is 0.156. The third-order valence-electron chi connectivity index (χ3n) is 1.78. The van der Waals surface area contributed by atoms with Crippen molar-refractivity contribution >= 4 is 11.7 Å². The number of guanidine groups is 1. The van der Waals surface area contributed by atoms with Crippen molar-refractivity contribution in [3.05, 3.63) is 35.4 Å². The molecule has 0 bridgehead atoms. The summed E-state index contributed by atoms with van der Waals surface area (Å²) in [6.07, 6.45) is 0. The molecule has 1 aromatic carbocycles. The number of hydrogen-bond acceptors (Lipinski definition) is 2. The van der Waals surface area contributed by atoms with Crippen molar-refractivity contribution in [2.45, 2.75) is 13.8 Å². The molecule has 0 aliphatic heterocycles. The molecule has 0 unspecified atom stereocenters. The Morgan fingerprint density at radius 3 is 2.79 bits per heavy atom. The highest BCUT2D eigenvalue weighted by Gasteiger charge is 1.96. The lowest BCUT2D eigenvalue weighted by atomic mass is 10.1. The molecular weight excluding hydrogens is 176 g/mol. The van der Waals surface area contributed by atoms with Crippen LogP contribution in [0.5, 0.6) is 0 Å². The van der Waals surface area contributed by atoms with Crippen LogP contribution in [0.2, 0.25) is 0 Å². The number of nitrogens with zero attached hydrogens (tertiary/aromatic N) is 1. The Morgan fingerprint density at radius 1 is 1.50 bits per heavy atom. The van der Waals surface area contributed by atoms with E-state index in [1.807, 2.05) is 38.1 Å². The first-order valence-corrected chi connectivity index (χ1v) is 4.31. The van der Waals surface area contributed by atoms with Crippen molar-refractivity contribution in [2.75, 3.05) is 0 Å². The zero-order chi connectivity index (χ0) is 10.6. The van der Waals surface area contributed by atoms with E-state index in [0.29, 0.717) is 0 Å². The topological polar surface area (TPSA) is 74.3 Å². The molecule has 0 saturated heterocycles. The monoisotopic (exact) mass is 190 g/mol. The van der Waals surface area contributed by atoms with E-state index in [2.05, 4.69) is 10.5 Å². The van der Waals surface area contributed by atoms with Crippen LogP contribution in [0.1, 0.15) is 18.1 Å². The van der Waals surface area contributed by atoms with E-state index in [-0.39, 0.29) is 5.96 Å². The molecular formula is C10H14N4.